The van der Waals surface area contributed by atoms with Crippen molar-refractivity contribution in [3.8, 4) is 0 Å². The quantitative estimate of drug-likeness (QED) is 0.404. The van der Waals surface area contributed by atoms with Gasteiger partial charge in [0.2, 0.25) is 0 Å². The van der Waals surface area contributed by atoms with E-state index in [9.17, 15) is 9.59 Å². The van der Waals surface area contributed by atoms with Gasteiger partial charge < -0.3 is 14.2 Å². The maximum atomic E-state index is 12.4. The van der Waals surface area contributed by atoms with Crippen LogP contribution in [0.4, 0.5) is 0 Å². The van der Waals surface area contributed by atoms with Gasteiger partial charge in [0.25, 0.3) is 0 Å². The normalized spacial score (nSPS) is 25.4. The van der Waals surface area contributed by atoms with Crippen molar-refractivity contribution in [3.63, 3.8) is 0 Å². The van der Waals surface area contributed by atoms with Crippen molar-refractivity contribution < 1.29 is 23.8 Å². The van der Waals surface area contributed by atoms with Gasteiger partial charge >= 0.3 is 5.97 Å². The molecule has 2 fully saturated rings. The third kappa shape index (κ3) is 4.94. The molecular weight excluding hydrogens is 367 g/mol. The first-order valence-corrected chi connectivity index (χ1v) is 9.21. The summed E-state index contributed by atoms with van der Waals surface area (Å²) in [6.45, 7) is 1.18. The summed E-state index contributed by atoms with van der Waals surface area (Å²) < 4.78 is 16.1. The summed E-state index contributed by atoms with van der Waals surface area (Å²) in [6, 6.07) is 4.73. The van der Waals surface area contributed by atoms with Gasteiger partial charge in [-0.3, -0.25) is 9.59 Å². The Morgan fingerprint density at radius 1 is 1.12 bits per heavy atom. The molecule has 0 spiro atoms. The van der Waals surface area contributed by atoms with Crippen LogP contribution in [0.1, 0.15) is 36.0 Å². The number of hydrogen-bond donors (Lipinski definition) is 0. The molecule has 1 aromatic carbocycles. The smallest absolute Gasteiger partial charge is 0.309 e. The molecule has 1 unspecified atom stereocenters. The summed E-state index contributed by atoms with van der Waals surface area (Å²) in [7, 11) is 0. The standard InChI is InChI=1S/C18H20Cl2O5/c19-14-5-4-11(9-15(14)20)17(21)12-10-13(12)18(22)25-8-7-24-16-3-1-2-6-23-16/h4-5,9,12-13,16H,1-3,6-8,10H2/t12-,13-,16?/m0/s1. The van der Waals surface area contributed by atoms with Crippen LogP contribution >= 0.6 is 23.2 Å². The fraction of sp³-hybridized carbons (Fsp3) is 0.556. The molecule has 0 N–H and O–H groups in total. The zero-order valence-electron chi connectivity index (χ0n) is 13.7. The Morgan fingerprint density at radius 3 is 2.68 bits per heavy atom. The van der Waals surface area contributed by atoms with Crippen LogP contribution in [-0.4, -0.2) is 37.9 Å². The fourth-order valence-electron chi connectivity index (χ4n) is 2.88. The zero-order valence-corrected chi connectivity index (χ0v) is 15.2. The van der Waals surface area contributed by atoms with Crippen LogP contribution in [0.25, 0.3) is 0 Å². The van der Waals surface area contributed by atoms with Gasteiger partial charge in [0.1, 0.15) is 6.61 Å². The van der Waals surface area contributed by atoms with Crippen LogP contribution in [0.3, 0.4) is 0 Å². The van der Waals surface area contributed by atoms with E-state index in [0.717, 1.165) is 19.3 Å². The molecule has 7 heteroatoms. The topological polar surface area (TPSA) is 61.8 Å². The first kappa shape index (κ1) is 18.6. The molecule has 0 amide bonds. The first-order valence-electron chi connectivity index (χ1n) is 8.45. The molecule has 1 saturated carbocycles. The average molecular weight is 387 g/mol. The summed E-state index contributed by atoms with van der Waals surface area (Å²) in [5, 5.41) is 0.723. The van der Waals surface area contributed by atoms with Crippen molar-refractivity contribution in [2.75, 3.05) is 19.8 Å². The number of Topliss-reactive ketones (excluding diaryl/α,β-unsaturated/α-hetero) is 1. The summed E-state index contributed by atoms with van der Waals surface area (Å²) >= 11 is 11.8. The Kier molecular flexibility index (Phi) is 6.34. The predicted molar refractivity (Wildman–Crippen MR) is 92.9 cm³/mol. The molecule has 3 atom stereocenters. The van der Waals surface area contributed by atoms with Gasteiger partial charge in [0, 0.05) is 18.1 Å². The van der Waals surface area contributed by atoms with E-state index in [-0.39, 0.29) is 36.5 Å². The molecule has 1 heterocycles. The van der Waals surface area contributed by atoms with Gasteiger partial charge in [-0.2, -0.15) is 0 Å². The molecule has 136 valence electrons. The number of halogens is 2. The zero-order chi connectivity index (χ0) is 17.8. The van der Waals surface area contributed by atoms with Gasteiger partial charge in [0.15, 0.2) is 12.1 Å². The Hall–Kier alpha value is -1.14. The second-order valence-electron chi connectivity index (χ2n) is 6.28. The highest BCUT2D eigenvalue weighted by Crippen LogP contribution is 2.42. The number of esters is 1. The van der Waals surface area contributed by atoms with Crippen molar-refractivity contribution in [2.45, 2.75) is 32.0 Å². The third-order valence-corrected chi connectivity index (χ3v) is 5.14. The molecule has 3 rings (SSSR count). The fourth-order valence-corrected chi connectivity index (χ4v) is 3.18. The summed E-state index contributed by atoms with van der Waals surface area (Å²) in [5.41, 5.74) is 0.465. The van der Waals surface area contributed by atoms with Gasteiger partial charge in [-0.1, -0.05) is 23.2 Å². The number of benzene rings is 1. The molecule has 0 bridgehead atoms. The van der Waals surface area contributed by atoms with Crippen molar-refractivity contribution in [1.82, 2.24) is 0 Å². The number of hydrogen-bond acceptors (Lipinski definition) is 5. The molecule has 1 aliphatic heterocycles. The van der Waals surface area contributed by atoms with Crippen molar-refractivity contribution in [1.29, 1.82) is 0 Å². The van der Waals surface area contributed by atoms with Gasteiger partial charge in [-0.25, -0.2) is 0 Å². The Labute approximate surface area is 156 Å². The van der Waals surface area contributed by atoms with E-state index in [4.69, 9.17) is 37.4 Å². The van der Waals surface area contributed by atoms with Crippen LogP contribution in [0.2, 0.25) is 10.0 Å². The monoisotopic (exact) mass is 386 g/mol. The van der Waals surface area contributed by atoms with Crippen LogP contribution in [0.5, 0.6) is 0 Å². The molecule has 1 aromatic rings. The second-order valence-corrected chi connectivity index (χ2v) is 7.09. The van der Waals surface area contributed by atoms with E-state index >= 15 is 0 Å². The summed E-state index contributed by atoms with van der Waals surface area (Å²) in [6.07, 6.45) is 3.33. The number of carbonyl (C=O) groups is 2. The summed E-state index contributed by atoms with van der Waals surface area (Å²) in [5.74, 6) is -1.18. The number of ether oxygens (including phenoxy) is 3. The minimum Gasteiger partial charge on any atom is -0.463 e. The van der Waals surface area contributed by atoms with Gasteiger partial charge in [-0.05, 0) is 43.9 Å². The van der Waals surface area contributed by atoms with Gasteiger partial charge in [0.05, 0.1) is 22.6 Å². The summed E-state index contributed by atoms with van der Waals surface area (Å²) in [4.78, 5) is 24.4. The molecule has 1 aliphatic carbocycles. The van der Waals surface area contributed by atoms with E-state index in [1.807, 2.05) is 0 Å². The lowest BCUT2D eigenvalue weighted by Gasteiger charge is -2.22. The van der Waals surface area contributed by atoms with Crippen molar-refractivity contribution in [3.05, 3.63) is 33.8 Å². The van der Waals surface area contributed by atoms with Crippen LogP contribution in [0.15, 0.2) is 18.2 Å². The van der Waals surface area contributed by atoms with E-state index in [1.165, 1.54) is 6.07 Å². The minimum absolute atomic E-state index is 0.104. The van der Waals surface area contributed by atoms with Crippen LogP contribution < -0.4 is 0 Å². The largest absolute Gasteiger partial charge is 0.463 e. The Bertz CT molecular complexity index is 642. The lowest BCUT2D eigenvalue weighted by atomic mass is 10.1. The molecule has 5 nitrogen and oxygen atoms in total. The lowest BCUT2D eigenvalue weighted by molar-refractivity contribution is -0.174. The van der Waals surface area contributed by atoms with Crippen LogP contribution in [-0.2, 0) is 19.0 Å². The molecule has 25 heavy (non-hydrogen) atoms. The van der Waals surface area contributed by atoms with Crippen molar-refractivity contribution >= 4 is 35.0 Å². The first-order chi connectivity index (χ1) is 12.1. The SMILES string of the molecule is O=C(OCCOC1CCCCO1)[C@H]1C[C@@H]1C(=O)c1ccc(Cl)c(Cl)c1. The van der Waals surface area contributed by atoms with E-state index in [0.29, 0.717) is 35.2 Å². The maximum Gasteiger partial charge on any atom is 0.309 e. The molecule has 1 saturated heterocycles. The molecule has 0 radical (unpaired) electrons. The second kappa shape index (κ2) is 8.49. The van der Waals surface area contributed by atoms with Crippen molar-refractivity contribution in [2.24, 2.45) is 11.8 Å². The van der Waals surface area contributed by atoms with E-state index in [1.54, 1.807) is 12.1 Å². The number of rotatable bonds is 7. The highest BCUT2D eigenvalue weighted by Gasteiger charge is 2.49. The van der Waals surface area contributed by atoms with Gasteiger partial charge in [-0.15, -0.1) is 0 Å². The third-order valence-electron chi connectivity index (χ3n) is 4.40. The highest BCUT2D eigenvalue weighted by atomic mass is 35.5. The maximum absolute atomic E-state index is 12.4. The Morgan fingerprint density at radius 2 is 1.96 bits per heavy atom. The highest BCUT2D eigenvalue weighted by molar-refractivity contribution is 6.42. The number of carbonyl (C=O) groups excluding carboxylic acids is 2. The predicted octanol–water partition coefficient (Wildman–Crippen LogP) is 3.90. The minimum atomic E-state index is -0.382. The molecular formula is C18H20Cl2O5. The molecule has 0 aromatic heterocycles. The average Bonchev–Trinajstić information content (AvgIpc) is 3.42. The lowest BCUT2D eigenvalue weighted by Crippen LogP contribution is -2.24. The number of ketones is 1. The van der Waals surface area contributed by atoms with E-state index in [2.05, 4.69) is 0 Å². The Balaban J connectivity index is 1.39. The van der Waals surface area contributed by atoms with E-state index < -0.39 is 0 Å². The molecule has 2 aliphatic rings. The van der Waals surface area contributed by atoms with Crippen LogP contribution in [0, 0.1) is 11.8 Å².